The van der Waals surface area contributed by atoms with Gasteiger partial charge in [-0.1, -0.05) is 9.97 Å². The first-order valence-electron chi connectivity index (χ1n) is 4.80. The highest BCUT2D eigenvalue weighted by Gasteiger charge is 2.01. The Labute approximate surface area is 107 Å². The maximum atomic E-state index is 9.77. The van der Waals surface area contributed by atoms with Crippen molar-refractivity contribution in [1.82, 2.24) is 9.97 Å². The summed E-state index contributed by atoms with van der Waals surface area (Å²) in [4.78, 5) is 29.0. The number of carboxylic acids is 2. The van der Waals surface area contributed by atoms with E-state index in [1.807, 2.05) is 0 Å². The lowest BCUT2D eigenvalue weighted by Crippen LogP contribution is -2.21. The number of aromatic amines is 1. The number of carbonyl (C=O) groups excluding carboxylic acids is 1. The summed E-state index contributed by atoms with van der Waals surface area (Å²) in [5.41, 5.74) is 15.5. The molecule has 0 aliphatic heterocycles. The standard InChI is InChI=1S/C5H8O4.C3H6N6.H2O/c6-4(7)2-1-3-5(8)9;4-1-7-2(5)9-3(6)8-1;/h1-3H2,(H,6,7)(H,8,9);(H6,4,5,6,7,8,9);1H2. The highest BCUT2D eigenvalue weighted by atomic mass is 16.4. The molecule has 0 aromatic carbocycles. The molecule has 0 saturated heterocycles. The number of aromatic nitrogens is 3. The average Bonchev–Trinajstić information content (AvgIpc) is 2.14. The van der Waals surface area contributed by atoms with Gasteiger partial charge in [-0.15, -0.1) is 0 Å². The van der Waals surface area contributed by atoms with Gasteiger partial charge >= 0.3 is 23.8 Å². The van der Waals surface area contributed by atoms with Crippen LogP contribution in [0.4, 0.5) is 17.8 Å². The van der Waals surface area contributed by atoms with Gasteiger partial charge < -0.3 is 37.7 Å². The fourth-order valence-corrected chi connectivity index (χ4v) is 0.843. The highest BCUT2D eigenvalue weighted by molar-refractivity contribution is 5.68. The molecule has 1 aromatic heterocycles. The van der Waals surface area contributed by atoms with Gasteiger partial charge in [0, 0.05) is 12.4 Å². The average molecular weight is 276 g/mol. The minimum absolute atomic E-state index is 0. The van der Waals surface area contributed by atoms with Crippen LogP contribution in [0.3, 0.4) is 0 Å². The third-order valence-corrected chi connectivity index (χ3v) is 1.50. The second-order valence-electron chi connectivity index (χ2n) is 3.10. The molecule has 1 rings (SSSR count). The number of aliphatic carboxylic acids is 2. The zero-order chi connectivity index (χ0) is 14.1. The summed E-state index contributed by atoms with van der Waals surface area (Å²) < 4.78 is 0. The SMILES string of the molecule is Nc1nc(N)[nH+]c(N)n1.O.O=C([O-])CCCC(=O)O. The van der Waals surface area contributed by atoms with Crippen LogP contribution >= 0.6 is 0 Å². The molecule has 0 spiro atoms. The summed E-state index contributed by atoms with van der Waals surface area (Å²) >= 11 is 0. The predicted molar refractivity (Wildman–Crippen MR) is 61.9 cm³/mol. The third-order valence-electron chi connectivity index (χ3n) is 1.50. The van der Waals surface area contributed by atoms with Crippen molar-refractivity contribution in [2.24, 2.45) is 0 Å². The summed E-state index contributed by atoms with van der Waals surface area (Å²) in [6.07, 6.45) is -0.127. The topological polar surface area (TPSA) is 227 Å². The Morgan fingerprint density at radius 1 is 1.16 bits per heavy atom. The van der Waals surface area contributed by atoms with E-state index in [0.717, 1.165) is 0 Å². The van der Waals surface area contributed by atoms with Crippen molar-refractivity contribution in [3.8, 4) is 0 Å². The molecule has 0 radical (unpaired) electrons. The maximum absolute atomic E-state index is 9.77. The maximum Gasteiger partial charge on any atom is 0.320 e. The first kappa shape index (κ1) is 18.7. The van der Waals surface area contributed by atoms with Gasteiger partial charge in [-0.2, -0.15) is 0 Å². The number of carbonyl (C=O) groups is 2. The van der Waals surface area contributed by atoms with E-state index in [4.69, 9.17) is 22.3 Å². The molecule has 10 N–H and O–H groups in total. The Bertz CT molecular complexity index is 362. The number of H-pyrrole nitrogens is 1. The van der Waals surface area contributed by atoms with E-state index in [2.05, 4.69) is 15.0 Å². The van der Waals surface area contributed by atoms with Gasteiger partial charge in [0.1, 0.15) is 0 Å². The molecule has 11 nitrogen and oxygen atoms in total. The fraction of sp³-hybridized carbons (Fsp3) is 0.375. The van der Waals surface area contributed by atoms with Crippen LogP contribution in [0.5, 0.6) is 0 Å². The van der Waals surface area contributed by atoms with Gasteiger partial charge in [0.15, 0.2) is 0 Å². The molecule has 0 bridgehead atoms. The lowest BCUT2D eigenvalue weighted by atomic mass is 10.2. The van der Waals surface area contributed by atoms with Gasteiger partial charge in [0.05, 0.1) is 0 Å². The minimum atomic E-state index is -1.20. The molecule has 0 aliphatic carbocycles. The van der Waals surface area contributed by atoms with Gasteiger partial charge in [0.25, 0.3) is 0 Å². The molecule has 1 heterocycles. The Balaban J connectivity index is 0. The molecule has 19 heavy (non-hydrogen) atoms. The van der Waals surface area contributed by atoms with Crippen molar-refractivity contribution in [2.45, 2.75) is 19.3 Å². The number of hydrogen-bond acceptors (Lipinski definition) is 8. The van der Waals surface area contributed by atoms with Crippen molar-refractivity contribution in [1.29, 1.82) is 0 Å². The van der Waals surface area contributed by atoms with Crippen LogP contribution in [0.15, 0.2) is 0 Å². The lowest BCUT2D eigenvalue weighted by molar-refractivity contribution is -0.350. The van der Waals surface area contributed by atoms with E-state index in [1.54, 1.807) is 0 Å². The van der Waals surface area contributed by atoms with Gasteiger partial charge in [-0.3, -0.25) is 4.79 Å². The molecule has 0 fully saturated rings. The van der Waals surface area contributed by atoms with E-state index in [9.17, 15) is 14.7 Å². The molecule has 0 atom stereocenters. The Kier molecular flexibility index (Phi) is 9.19. The number of nitrogens with two attached hydrogens (primary N) is 3. The molecule has 1 aromatic rings. The molecular weight excluding hydrogens is 260 g/mol. The Morgan fingerprint density at radius 3 is 1.95 bits per heavy atom. The van der Waals surface area contributed by atoms with E-state index in [0.29, 0.717) is 0 Å². The molecular formula is C8H16N6O5. The van der Waals surface area contributed by atoms with Crippen molar-refractivity contribution in [3.63, 3.8) is 0 Å². The molecule has 0 unspecified atom stereocenters. The number of carboxylic acid groups (broad SMARTS) is 2. The summed E-state index contributed by atoms with van der Waals surface area (Å²) in [6, 6.07) is 0. The van der Waals surface area contributed by atoms with Crippen molar-refractivity contribution < 1.29 is 30.3 Å². The van der Waals surface area contributed by atoms with E-state index in [-0.39, 0.29) is 42.6 Å². The number of anilines is 3. The van der Waals surface area contributed by atoms with Crippen molar-refractivity contribution in [2.75, 3.05) is 17.2 Å². The van der Waals surface area contributed by atoms with Crippen LogP contribution < -0.4 is 27.3 Å². The first-order valence-corrected chi connectivity index (χ1v) is 4.80. The third kappa shape index (κ3) is 11.6. The van der Waals surface area contributed by atoms with E-state index >= 15 is 0 Å². The van der Waals surface area contributed by atoms with Crippen molar-refractivity contribution in [3.05, 3.63) is 0 Å². The minimum Gasteiger partial charge on any atom is -0.550 e. The van der Waals surface area contributed by atoms with Crippen LogP contribution in [0, 0.1) is 0 Å². The second kappa shape index (κ2) is 9.35. The van der Waals surface area contributed by atoms with Crippen LogP contribution in [-0.2, 0) is 9.59 Å². The predicted octanol–water partition coefficient (Wildman–Crippen LogP) is -3.80. The quantitative estimate of drug-likeness (QED) is 0.421. The Morgan fingerprint density at radius 2 is 1.63 bits per heavy atom. The van der Waals surface area contributed by atoms with Gasteiger partial charge in [-0.05, 0) is 12.8 Å². The van der Waals surface area contributed by atoms with Crippen LogP contribution in [0.1, 0.15) is 19.3 Å². The zero-order valence-corrected chi connectivity index (χ0v) is 9.92. The lowest BCUT2D eigenvalue weighted by Gasteiger charge is -1.96. The number of nitrogens with one attached hydrogen (secondary N) is 1. The molecule has 0 aliphatic rings. The smallest absolute Gasteiger partial charge is 0.320 e. The van der Waals surface area contributed by atoms with Crippen LogP contribution in [0.2, 0.25) is 0 Å². The first-order chi connectivity index (χ1) is 8.31. The molecule has 0 amide bonds. The van der Waals surface area contributed by atoms with Gasteiger partial charge in [0.2, 0.25) is 0 Å². The summed E-state index contributed by atoms with van der Waals surface area (Å²) in [5, 5.41) is 17.7. The number of nitrogen functional groups attached to an aromatic ring is 3. The fourth-order valence-electron chi connectivity index (χ4n) is 0.843. The largest absolute Gasteiger partial charge is 0.550 e. The summed E-state index contributed by atoms with van der Waals surface area (Å²) in [5.74, 6) is -1.77. The second-order valence-corrected chi connectivity index (χ2v) is 3.10. The summed E-state index contributed by atoms with van der Waals surface area (Å²) in [7, 11) is 0. The number of nitrogens with zero attached hydrogens (tertiary/aromatic N) is 2. The monoisotopic (exact) mass is 276 g/mol. The zero-order valence-electron chi connectivity index (χ0n) is 9.92. The molecule has 108 valence electrons. The van der Waals surface area contributed by atoms with E-state index in [1.165, 1.54) is 0 Å². The van der Waals surface area contributed by atoms with Crippen LogP contribution in [-0.4, -0.2) is 32.5 Å². The number of hydrogen-bond donors (Lipinski definition) is 4. The molecule has 11 heteroatoms. The highest BCUT2D eigenvalue weighted by Crippen LogP contribution is 1.92. The van der Waals surface area contributed by atoms with Crippen LogP contribution in [0.25, 0.3) is 0 Å². The summed E-state index contributed by atoms with van der Waals surface area (Å²) in [6.45, 7) is 0. The molecule has 0 saturated carbocycles. The number of rotatable bonds is 4. The normalized spacial score (nSPS) is 8.63. The van der Waals surface area contributed by atoms with E-state index < -0.39 is 11.9 Å². The van der Waals surface area contributed by atoms with Crippen molar-refractivity contribution >= 4 is 29.8 Å². The Hall–Kier alpha value is -2.69. The van der Waals surface area contributed by atoms with Gasteiger partial charge in [-0.25, -0.2) is 4.98 Å².